The van der Waals surface area contributed by atoms with Gasteiger partial charge in [-0.25, -0.2) is 4.79 Å². The van der Waals surface area contributed by atoms with Gasteiger partial charge in [-0.05, 0) is 43.4 Å². The van der Waals surface area contributed by atoms with Crippen molar-refractivity contribution >= 4 is 34.0 Å². The number of carbonyl (C=O) groups is 3. The molecule has 1 amide bonds. The van der Waals surface area contributed by atoms with E-state index in [1.807, 2.05) is 0 Å². The summed E-state index contributed by atoms with van der Waals surface area (Å²) in [7, 11) is 1.52. The molecule has 1 N–H and O–H groups in total. The van der Waals surface area contributed by atoms with Crippen molar-refractivity contribution in [2.45, 2.75) is 32.6 Å². The van der Waals surface area contributed by atoms with Gasteiger partial charge in [0, 0.05) is 17.4 Å². The number of carbonyl (C=O) groups excluding carboxylic acids is 3. The van der Waals surface area contributed by atoms with Crippen molar-refractivity contribution in [1.82, 2.24) is 0 Å². The summed E-state index contributed by atoms with van der Waals surface area (Å²) >= 11 is 1.42. The van der Waals surface area contributed by atoms with E-state index in [-0.39, 0.29) is 18.3 Å². The van der Waals surface area contributed by atoms with Gasteiger partial charge in [-0.1, -0.05) is 12.1 Å². The second-order valence-corrected chi connectivity index (χ2v) is 7.43. The van der Waals surface area contributed by atoms with Crippen molar-refractivity contribution in [2.24, 2.45) is 0 Å². The van der Waals surface area contributed by atoms with E-state index in [9.17, 15) is 14.4 Å². The molecule has 0 atom stereocenters. The number of esters is 1. The van der Waals surface area contributed by atoms with E-state index >= 15 is 0 Å². The Balaban J connectivity index is 1.76. The van der Waals surface area contributed by atoms with E-state index in [2.05, 4.69) is 5.32 Å². The van der Waals surface area contributed by atoms with Crippen molar-refractivity contribution in [3.63, 3.8) is 0 Å². The molecular formula is C20H21NO5S. The van der Waals surface area contributed by atoms with Gasteiger partial charge in [0.15, 0.2) is 12.4 Å². The Labute approximate surface area is 161 Å². The van der Waals surface area contributed by atoms with Crippen LogP contribution in [-0.4, -0.2) is 31.4 Å². The molecule has 1 aliphatic rings. The number of fused-ring (bicyclic) bond motifs is 1. The van der Waals surface area contributed by atoms with Crippen molar-refractivity contribution < 1.29 is 23.9 Å². The maximum atomic E-state index is 12.7. The lowest BCUT2D eigenvalue weighted by Gasteiger charge is -2.12. The van der Waals surface area contributed by atoms with Gasteiger partial charge in [0.2, 0.25) is 5.91 Å². The van der Waals surface area contributed by atoms with Gasteiger partial charge >= 0.3 is 5.97 Å². The Kier molecular flexibility index (Phi) is 5.91. The summed E-state index contributed by atoms with van der Waals surface area (Å²) in [6.07, 6.45) is 3.73. The van der Waals surface area contributed by atoms with Gasteiger partial charge < -0.3 is 14.8 Å². The molecule has 1 aliphatic carbocycles. The first-order valence-corrected chi connectivity index (χ1v) is 9.57. The molecule has 0 saturated carbocycles. The van der Waals surface area contributed by atoms with Gasteiger partial charge in [-0.15, -0.1) is 11.3 Å². The summed E-state index contributed by atoms with van der Waals surface area (Å²) in [4.78, 5) is 37.6. The monoisotopic (exact) mass is 387 g/mol. The molecule has 142 valence electrons. The van der Waals surface area contributed by atoms with Crippen molar-refractivity contribution in [2.75, 3.05) is 19.0 Å². The maximum Gasteiger partial charge on any atom is 0.341 e. The molecule has 7 heteroatoms. The molecule has 3 rings (SSSR count). The first kappa shape index (κ1) is 19.1. The number of thiophene rings is 1. The molecule has 0 bridgehead atoms. The lowest BCUT2D eigenvalue weighted by Crippen LogP contribution is -2.17. The van der Waals surface area contributed by atoms with Crippen molar-refractivity contribution in [1.29, 1.82) is 0 Å². The number of rotatable bonds is 6. The standard InChI is InChI=1S/C20H21NO5S/c1-12(22)21-19-18(15-8-3-4-9-17(15)27-19)20(24)26-11-16(23)13-6-5-7-14(10-13)25-2/h5-7,10H,3-4,8-9,11H2,1-2H3,(H,21,22). The quantitative estimate of drug-likeness (QED) is 0.605. The molecule has 0 unspecified atom stereocenters. The highest BCUT2D eigenvalue weighted by Crippen LogP contribution is 2.38. The third-order valence-corrected chi connectivity index (χ3v) is 5.60. The number of hydrogen-bond acceptors (Lipinski definition) is 6. The zero-order valence-electron chi connectivity index (χ0n) is 15.3. The van der Waals surface area contributed by atoms with E-state index in [1.165, 1.54) is 25.4 Å². The number of anilines is 1. The largest absolute Gasteiger partial charge is 0.497 e. The Morgan fingerprint density at radius 3 is 2.70 bits per heavy atom. The Bertz CT molecular complexity index is 886. The fourth-order valence-corrected chi connectivity index (χ4v) is 4.44. The normalized spacial score (nSPS) is 12.8. The third-order valence-electron chi connectivity index (χ3n) is 4.39. The van der Waals surface area contributed by atoms with Crippen LogP contribution in [0.1, 0.15) is 50.9 Å². The minimum atomic E-state index is -0.575. The number of hydrogen-bond donors (Lipinski definition) is 1. The summed E-state index contributed by atoms with van der Waals surface area (Å²) in [5.41, 5.74) is 1.74. The molecule has 0 saturated heterocycles. The van der Waals surface area contributed by atoms with Crippen LogP contribution in [0.15, 0.2) is 24.3 Å². The molecular weight excluding hydrogens is 366 g/mol. The summed E-state index contributed by atoms with van der Waals surface area (Å²) in [6.45, 7) is 1.04. The number of methoxy groups -OCH3 is 1. The fourth-order valence-electron chi connectivity index (χ4n) is 3.11. The SMILES string of the molecule is COc1cccc(C(=O)COC(=O)c2c(NC(C)=O)sc3c2CCCC3)c1. The number of ketones is 1. The number of benzene rings is 1. The average molecular weight is 387 g/mol. The molecule has 1 heterocycles. The lowest BCUT2D eigenvalue weighted by molar-refractivity contribution is -0.114. The second kappa shape index (κ2) is 8.35. The fraction of sp³-hybridized carbons (Fsp3) is 0.350. The van der Waals surface area contributed by atoms with Gasteiger partial charge in [0.05, 0.1) is 12.7 Å². The van der Waals surface area contributed by atoms with E-state index in [1.54, 1.807) is 24.3 Å². The molecule has 6 nitrogen and oxygen atoms in total. The van der Waals surface area contributed by atoms with Crippen LogP contribution < -0.4 is 10.1 Å². The summed E-state index contributed by atoms with van der Waals surface area (Å²) in [5.74, 6) is -0.566. The molecule has 0 spiro atoms. The molecule has 27 heavy (non-hydrogen) atoms. The van der Waals surface area contributed by atoms with Crippen LogP contribution in [0.25, 0.3) is 0 Å². The predicted molar refractivity (Wildman–Crippen MR) is 103 cm³/mol. The molecule has 0 radical (unpaired) electrons. The Morgan fingerprint density at radius 2 is 1.96 bits per heavy atom. The average Bonchev–Trinajstić information content (AvgIpc) is 3.03. The van der Waals surface area contributed by atoms with Crippen molar-refractivity contribution in [3.8, 4) is 5.75 Å². The van der Waals surface area contributed by atoms with Gasteiger partial charge in [-0.3, -0.25) is 9.59 Å². The van der Waals surface area contributed by atoms with Crippen LogP contribution in [0.5, 0.6) is 5.75 Å². The van der Waals surface area contributed by atoms with E-state index < -0.39 is 5.97 Å². The molecule has 1 aromatic carbocycles. The van der Waals surface area contributed by atoms with Crippen LogP contribution in [-0.2, 0) is 22.4 Å². The van der Waals surface area contributed by atoms with E-state index in [4.69, 9.17) is 9.47 Å². The van der Waals surface area contributed by atoms with E-state index in [0.717, 1.165) is 36.1 Å². The first-order chi connectivity index (χ1) is 13.0. The highest BCUT2D eigenvalue weighted by Gasteiger charge is 2.27. The van der Waals surface area contributed by atoms with Gasteiger partial charge in [0.25, 0.3) is 0 Å². The van der Waals surface area contributed by atoms with Crippen LogP contribution in [0.3, 0.4) is 0 Å². The third kappa shape index (κ3) is 4.36. The highest BCUT2D eigenvalue weighted by atomic mass is 32.1. The van der Waals surface area contributed by atoms with Gasteiger partial charge in [-0.2, -0.15) is 0 Å². The topological polar surface area (TPSA) is 81.7 Å². The zero-order chi connectivity index (χ0) is 19.4. The Hall–Kier alpha value is -2.67. The van der Waals surface area contributed by atoms with Crippen LogP contribution in [0, 0.1) is 0 Å². The van der Waals surface area contributed by atoms with E-state index in [0.29, 0.717) is 21.9 Å². The first-order valence-electron chi connectivity index (χ1n) is 8.76. The van der Waals surface area contributed by atoms with Gasteiger partial charge in [0.1, 0.15) is 10.8 Å². The summed E-state index contributed by atoms with van der Waals surface area (Å²) in [5, 5.41) is 3.23. The molecule has 0 aliphatic heterocycles. The number of Topliss-reactive ketones (excluding diaryl/α,β-unsaturated/α-hetero) is 1. The maximum absolute atomic E-state index is 12.7. The number of ether oxygens (including phenoxy) is 2. The predicted octanol–water partition coefficient (Wildman–Crippen LogP) is 3.63. The summed E-state index contributed by atoms with van der Waals surface area (Å²) in [6, 6.07) is 6.69. The lowest BCUT2D eigenvalue weighted by atomic mass is 9.95. The minimum Gasteiger partial charge on any atom is -0.497 e. The van der Waals surface area contributed by atoms with Crippen LogP contribution in [0.2, 0.25) is 0 Å². The second-order valence-electron chi connectivity index (χ2n) is 6.33. The molecule has 0 fully saturated rings. The number of aryl methyl sites for hydroxylation is 1. The minimum absolute atomic E-state index is 0.241. The number of nitrogens with one attached hydrogen (secondary N) is 1. The van der Waals surface area contributed by atoms with Crippen LogP contribution >= 0.6 is 11.3 Å². The summed E-state index contributed by atoms with van der Waals surface area (Å²) < 4.78 is 10.4. The number of amides is 1. The zero-order valence-corrected chi connectivity index (χ0v) is 16.1. The smallest absolute Gasteiger partial charge is 0.341 e. The molecule has 1 aromatic heterocycles. The van der Waals surface area contributed by atoms with Crippen LogP contribution in [0.4, 0.5) is 5.00 Å². The van der Waals surface area contributed by atoms with Crippen molar-refractivity contribution in [3.05, 3.63) is 45.8 Å². The Morgan fingerprint density at radius 1 is 1.19 bits per heavy atom. The molecule has 2 aromatic rings. The highest BCUT2D eigenvalue weighted by molar-refractivity contribution is 7.17.